The van der Waals surface area contributed by atoms with Gasteiger partial charge in [-0.2, -0.15) is 0 Å². The Morgan fingerprint density at radius 1 is 1.64 bits per heavy atom. The summed E-state index contributed by atoms with van der Waals surface area (Å²) in [6.45, 7) is 5.93. The van der Waals surface area contributed by atoms with Crippen molar-refractivity contribution in [3.05, 3.63) is 0 Å². The van der Waals surface area contributed by atoms with Gasteiger partial charge in [0.15, 0.2) is 0 Å². The Morgan fingerprint density at radius 3 is 2.71 bits per heavy atom. The van der Waals surface area contributed by atoms with Crippen molar-refractivity contribution < 1.29 is 5.11 Å². The number of aliphatic hydroxyl groups is 1. The third-order valence-corrected chi connectivity index (χ3v) is 3.09. The topological polar surface area (TPSA) is 49.5 Å². The molecule has 0 amide bonds. The number of nitrogens with zero attached hydrogens (tertiary/aromatic N) is 1. The first-order valence-corrected chi connectivity index (χ1v) is 5.66. The van der Waals surface area contributed by atoms with Crippen molar-refractivity contribution in [2.24, 2.45) is 11.7 Å². The second-order valence-electron chi connectivity index (χ2n) is 4.28. The molecule has 0 aromatic heterocycles. The summed E-state index contributed by atoms with van der Waals surface area (Å²) in [7, 11) is 0. The maximum atomic E-state index is 9.65. The van der Waals surface area contributed by atoms with Gasteiger partial charge in [-0.15, -0.1) is 0 Å². The van der Waals surface area contributed by atoms with Crippen LogP contribution in [0.25, 0.3) is 0 Å². The third kappa shape index (κ3) is 2.90. The normalized spacial score (nSPS) is 31.4. The van der Waals surface area contributed by atoms with E-state index < -0.39 is 0 Å². The molecule has 1 fully saturated rings. The summed E-state index contributed by atoms with van der Waals surface area (Å²) in [5.41, 5.74) is 5.68. The molecule has 0 bridgehead atoms. The van der Waals surface area contributed by atoms with Gasteiger partial charge in [-0.1, -0.05) is 26.1 Å². The number of thiocarbonyl (C=S) groups is 1. The highest BCUT2D eigenvalue weighted by molar-refractivity contribution is 7.80. The highest BCUT2D eigenvalue weighted by Gasteiger charge is 2.28. The fourth-order valence-electron chi connectivity index (χ4n) is 2.25. The SMILES string of the molecule is CCC(C(N)=S)N1CC(C)CC(O)C1. The predicted molar refractivity (Wildman–Crippen MR) is 62.2 cm³/mol. The molecule has 3 unspecified atom stereocenters. The van der Waals surface area contributed by atoms with Crippen LogP contribution in [0.5, 0.6) is 0 Å². The molecule has 0 aliphatic carbocycles. The lowest BCUT2D eigenvalue weighted by Crippen LogP contribution is -2.51. The Hall–Kier alpha value is -0.190. The van der Waals surface area contributed by atoms with Crippen LogP contribution in [0.3, 0.4) is 0 Å². The Bertz CT molecular complexity index is 200. The van der Waals surface area contributed by atoms with Crippen molar-refractivity contribution in [3.8, 4) is 0 Å². The first kappa shape index (κ1) is 11.9. The molecule has 3 N–H and O–H groups in total. The molecule has 82 valence electrons. The molecule has 0 saturated carbocycles. The van der Waals surface area contributed by atoms with Gasteiger partial charge in [-0.3, -0.25) is 4.90 Å². The molecule has 0 aromatic rings. The van der Waals surface area contributed by atoms with Gasteiger partial charge in [0.25, 0.3) is 0 Å². The standard InChI is InChI=1S/C10H20N2OS/c1-3-9(10(11)14)12-5-7(2)4-8(13)6-12/h7-9,13H,3-6H2,1-2H3,(H2,11,14). The van der Waals surface area contributed by atoms with Crippen LogP contribution < -0.4 is 5.73 Å². The van der Waals surface area contributed by atoms with E-state index in [1.807, 2.05) is 0 Å². The first-order chi connectivity index (χ1) is 6.54. The largest absolute Gasteiger partial charge is 0.392 e. The van der Waals surface area contributed by atoms with Gasteiger partial charge >= 0.3 is 0 Å². The molecule has 14 heavy (non-hydrogen) atoms. The number of hydrogen-bond donors (Lipinski definition) is 2. The summed E-state index contributed by atoms with van der Waals surface area (Å²) in [6.07, 6.45) is 1.60. The Balaban J connectivity index is 2.61. The fraction of sp³-hybridized carbons (Fsp3) is 0.900. The Kier molecular flexibility index (Phi) is 4.29. The molecule has 0 radical (unpaired) electrons. The van der Waals surface area contributed by atoms with E-state index in [4.69, 9.17) is 18.0 Å². The highest BCUT2D eigenvalue weighted by atomic mass is 32.1. The lowest BCUT2D eigenvalue weighted by molar-refractivity contribution is 0.0348. The number of hydrogen-bond acceptors (Lipinski definition) is 3. The van der Waals surface area contributed by atoms with E-state index in [9.17, 15) is 5.11 Å². The highest BCUT2D eigenvalue weighted by Crippen LogP contribution is 2.19. The van der Waals surface area contributed by atoms with Gasteiger partial charge in [0.1, 0.15) is 0 Å². The van der Waals surface area contributed by atoms with Crippen molar-refractivity contribution in [1.82, 2.24) is 4.90 Å². The Labute approximate surface area is 91.3 Å². The van der Waals surface area contributed by atoms with Gasteiger partial charge < -0.3 is 10.8 Å². The molecule has 0 aromatic carbocycles. The van der Waals surface area contributed by atoms with Crippen LogP contribution in [0.2, 0.25) is 0 Å². The maximum absolute atomic E-state index is 9.65. The van der Waals surface area contributed by atoms with Crippen LogP contribution in [0, 0.1) is 5.92 Å². The van der Waals surface area contributed by atoms with Gasteiger partial charge in [-0.05, 0) is 18.8 Å². The molecule has 1 rings (SSSR count). The maximum Gasteiger partial charge on any atom is 0.0901 e. The van der Waals surface area contributed by atoms with E-state index in [0.29, 0.717) is 17.5 Å². The summed E-state index contributed by atoms with van der Waals surface area (Å²) in [5, 5.41) is 9.65. The van der Waals surface area contributed by atoms with Gasteiger partial charge in [0.05, 0.1) is 17.1 Å². The molecule has 3 nitrogen and oxygen atoms in total. The van der Waals surface area contributed by atoms with Crippen molar-refractivity contribution in [2.45, 2.75) is 38.8 Å². The first-order valence-electron chi connectivity index (χ1n) is 5.26. The summed E-state index contributed by atoms with van der Waals surface area (Å²) in [4.78, 5) is 2.76. The summed E-state index contributed by atoms with van der Waals surface area (Å²) in [6, 6.07) is 0.155. The average molecular weight is 216 g/mol. The van der Waals surface area contributed by atoms with E-state index in [1.165, 1.54) is 0 Å². The van der Waals surface area contributed by atoms with Gasteiger partial charge in [0, 0.05) is 13.1 Å². The summed E-state index contributed by atoms with van der Waals surface area (Å²) in [5.74, 6) is 0.530. The van der Waals surface area contributed by atoms with Crippen molar-refractivity contribution in [2.75, 3.05) is 13.1 Å². The molecule has 3 atom stereocenters. The number of rotatable bonds is 3. The van der Waals surface area contributed by atoms with Gasteiger partial charge in [0.2, 0.25) is 0 Å². The predicted octanol–water partition coefficient (Wildman–Crippen LogP) is 0.754. The van der Waals surface area contributed by atoms with Crippen LogP contribution in [-0.2, 0) is 0 Å². The summed E-state index contributed by atoms with van der Waals surface area (Å²) < 4.78 is 0. The van der Waals surface area contributed by atoms with Crippen molar-refractivity contribution >= 4 is 17.2 Å². The smallest absolute Gasteiger partial charge is 0.0901 e. The third-order valence-electron chi connectivity index (χ3n) is 2.82. The van der Waals surface area contributed by atoms with Crippen LogP contribution in [0.1, 0.15) is 26.7 Å². The minimum Gasteiger partial charge on any atom is -0.392 e. The van der Waals surface area contributed by atoms with E-state index in [-0.39, 0.29) is 12.1 Å². The number of nitrogens with two attached hydrogens (primary N) is 1. The molecule has 1 aliphatic heterocycles. The molecular formula is C10H20N2OS. The molecule has 0 spiro atoms. The van der Waals surface area contributed by atoms with E-state index in [2.05, 4.69) is 18.7 Å². The Morgan fingerprint density at radius 2 is 2.29 bits per heavy atom. The minimum absolute atomic E-state index is 0.155. The van der Waals surface area contributed by atoms with Crippen LogP contribution in [0.4, 0.5) is 0 Å². The zero-order chi connectivity index (χ0) is 10.7. The van der Waals surface area contributed by atoms with E-state index in [0.717, 1.165) is 19.4 Å². The monoisotopic (exact) mass is 216 g/mol. The lowest BCUT2D eigenvalue weighted by Gasteiger charge is -2.38. The molecule has 1 saturated heterocycles. The number of aliphatic hydroxyl groups excluding tert-OH is 1. The van der Waals surface area contributed by atoms with Crippen LogP contribution in [0.15, 0.2) is 0 Å². The number of piperidine rings is 1. The fourth-order valence-corrected chi connectivity index (χ4v) is 2.57. The van der Waals surface area contributed by atoms with E-state index in [1.54, 1.807) is 0 Å². The molecule has 1 aliphatic rings. The zero-order valence-electron chi connectivity index (χ0n) is 8.94. The second kappa shape index (κ2) is 5.05. The van der Waals surface area contributed by atoms with Crippen LogP contribution >= 0.6 is 12.2 Å². The minimum atomic E-state index is -0.220. The van der Waals surface area contributed by atoms with Crippen molar-refractivity contribution in [1.29, 1.82) is 0 Å². The van der Waals surface area contributed by atoms with E-state index >= 15 is 0 Å². The van der Waals surface area contributed by atoms with Gasteiger partial charge in [-0.25, -0.2) is 0 Å². The second-order valence-corrected chi connectivity index (χ2v) is 4.75. The van der Waals surface area contributed by atoms with Crippen molar-refractivity contribution in [3.63, 3.8) is 0 Å². The number of likely N-dealkylation sites (tertiary alicyclic amines) is 1. The lowest BCUT2D eigenvalue weighted by atomic mass is 9.96. The molecular weight excluding hydrogens is 196 g/mol. The zero-order valence-corrected chi connectivity index (χ0v) is 9.76. The molecule has 1 heterocycles. The quantitative estimate of drug-likeness (QED) is 0.684. The number of β-amino-alcohol motifs (C(OH)–C–C–N with tert-alkyl or cyclic N) is 1. The summed E-state index contributed by atoms with van der Waals surface area (Å²) >= 11 is 5.03. The average Bonchev–Trinajstić information content (AvgIpc) is 2.02. The van der Waals surface area contributed by atoms with Crippen LogP contribution in [-0.4, -0.2) is 40.2 Å². The molecule has 4 heteroatoms.